The van der Waals surface area contributed by atoms with Crippen LogP contribution in [0.2, 0.25) is 0 Å². The number of hydrogen-bond donors (Lipinski definition) is 0. The van der Waals surface area contributed by atoms with Gasteiger partial charge in [-0.15, -0.1) is 0 Å². The summed E-state index contributed by atoms with van der Waals surface area (Å²) in [5.74, 6) is 0.276. The molecule has 0 aliphatic carbocycles. The number of hydrogen-bond acceptors (Lipinski definition) is 3. The molecule has 2 aliphatic rings. The zero-order chi connectivity index (χ0) is 12.7. The number of aromatic nitrogens is 1. The van der Waals surface area contributed by atoms with Crippen molar-refractivity contribution in [2.75, 3.05) is 31.6 Å². The number of fused-ring (bicyclic) bond motifs is 1. The molecule has 2 aliphatic heterocycles. The number of anilines is 1. The number of carbonyl (C=O) groups is 1. The van der Waals surface area contributed by atoms with Crippen molar-refractivity contribution >= 4 is 11.6 Å². The molecular weight excluding hydrogens is 233 g/mol. The summed E-state index contributed by atoms with van der Waals surface area (Å²) in [6, 6.07) is 1.68. The zero-order valence-electron chi connectivity index (χ0n) is 10.3. The van der Waals surface area contributed by atoms with E-state index in [0.717, 1.165) is 19.5 Å². The molecule has 2 fully saturated rings. The lowest BCUT2D eigenvalue weighted by molar-refractivity contribution is -0.137. The minimum absolute atomic E-state index is 0.0244. The fourth-order valence-electron chi connectivity index (χ4n) is 3.02. The average Bonchev–Trinajstić information content (AvgIpc) is 2.79. The molecule has 0 bridgehead atoms. The van der Waals surface area contributed by atoms with Gasteiger partial charge >= 0.3 is 0 Å². The first-order chi connectivity index (χ1) is 8.66. The number of likely N-dealkylation sites (tertiary alicyclic amines) is 1. The van der Waals surface area contributed by atoms with Crippen molar-refractivity contribution in [3.05, 3.63) is 24.3 Å². The third-order valence-electron chi connectivity index (χ3n) is 4.06. The minimum Gasteiger partial charge on any atom is -0.368 e. The Morgan fingerprint density at radius 3 is 3.06 bits per heavy atom. The van der Waals surface area contributed by atoms with E-state index in [0.29, 0.717) is 18.2 Å². The highest BCUT2D eigenvalue weighted by molar-refractivity contribution is 5.81. The molecule has 18 heavy (non-hydrogen) atoms. The Bertz CT molecular complexity index is 479. The van der Waals surface area contributed by atoms with E-state index in [1.165, 1.54) is 6.20 Å². The predicted octanol–water partition coefficient (Wildman–Crippen LogP) is 1.14. The third-order valence-corrected chi connectivity index (χ3v) is 4.06. The highest BCUT2D eigenvalue weighted by Gasteiger charge is 2.42. The fraction of sp³-hybridized carbons (Fsp3) is 0.538. The number of pyridine rings is 1. The van der Waals surface area contributed by atoms with Gasteiger partial charge in [0.25, 0.3) is 0 Å². The van der Waals surface area contributed by atoms with Gasteiger partial charge in [0, 0.05) is 32.9 Å². The molecule has 3 rings (SSSR count). The number of rotatable bonds is 1. The monoisotopic (exact) mass is 249 g/mol. The van der Waals surface area contributed by atoms with E-state index in [-0.39, 0.29) is 17.6 Å². The molecule has 0 saturated carbocycles. The SMILES string of the molecule is CN1CC[C@@H]2CN(c3ccncc3F)C[C@@H]2C1=O. The standard InChI is InChI=1S/C13H16FN3O/c1-16-5-3-9-7-17(8-10(9)13(16)18)12-2-4-15-6-11(12)14/h2,4,6,9-10H,3,5,7-8H2,1H3/t9-,10+/m1/s1. The van der Waals surface area contributed by atoms with Crippen LogP contribution in [0.3, 0.4) is 0 Å². The third kappa shape index (κ3) is 1.74. The second-order valence-corrected chi connectivity index (χ2v) is 5.15. The van der Waals surface area contributed by atoms with Crippen molar-refractivity contribution in [1.82, 2.24) is 9.88 Å². The van der Waals surface area contributed by atoms with Gasteiger partial charge in [0.2, 0.25) is 5.91 Å². The number of amides is 1. The van der Waals surface area contributed by atoms with Crippen LogP contribution in [0.25, 0.3) is 0 Å². The summed E-state index contributed by atoms with van der Waals surface area (Å²) in [5, 5.41) is 0. The maximum atomic E-state index is 13.7. The first kappa shape index (κ1) is 11.4. The Morgan fingerprint density at radius 1 is 1.44 bits per heavy atom. The molecule has 96 valence electrons. The highest BCUT2D eigenvalue weighted by Crippen LogP contribution is 2.34. The summed E-state index contributed by atoms with van der Waals surface area (Å²) in [7, 11) is 1.84. The maximum absolute atomic E-state index is 13.7. The van der Waals surface area contributed by atoms with E-state index < -0.39 is 0 Å². The molecule has 0 aromatic carbocycles. The van der Waals surface area contributed by atoms with Crippen molar-refractivity contribution in [2.45, 2.75) is 6.42 Å². The zero-order valence-corrected chi connectivity index (χ0v) is 10.3. The van der Waals surface area contributed by atoms with Crippen molar-refractivity contribution in [3.63, 3.8) is 0 Å². The molecule has 0 N–H and O–H groups in total. The lowest BCUT2D eigenvalue weighted by atomic mass is 9.88. The van der Waals surface area contributed by atoms with Crippen LogP contribution in [0.4, 0.5) is 10.1 Å². The van der Waals surface area contributed by atoms with Crippen LogP contribution < -0.4 is 4.90 Å². The number of carbonyl (C=O) groups excluding carboxylic acids is 1. The van der Waals surface area contributed by atoms with Gasteiger partial charge in [-0.05, 0) is 18.4 Å². The first-order valence-corrected chi connectivity index (χ1v) is 6.26. The Hall–Kier alpha value is -1.65. The summed E-state index contributed by atoms with van der Waals surface area (Å²) in [6.45, 7) is 2.20. The minimum atomic E-state index is -0.308. The maximum Gasteiger partial charge on any atom is 0.227 e. The summed E-state index contributed by atoms with van der Waals surface area (Å²) in [5.41, 5.74) is 0.565. The predicted molar refractivity (Wildman–Crippen MR) is 65.6 cm³/mol. The summed E-state index contributed by atoms with van der Waals surface area (Å²) >= 11 is 0. The molecular formula is C13H16FN3O. The van der Waals surface area contributed by atoms with Gasteiger partial charge in [-0.1, -0.05) is 0 Å². The molecule has 1 amide bonds. The number of piperidine rings is 1. The molecule has 1 aromatic rings. The Kier molecular flexibility index (Phi) is 2.69. The number of nitrogens with zero attached hydrogens (tertiary/aromatic N) is 3. The first-order valence-electron chi connectivity index (χ1n) is 6.26. The average molecular weight is 249 g/mol. The van der Waals surface area contributed by atoms with Crippen LogP contribution in [0.15, 0.2) is 18.5 Å². The fourth-order valence-corrected chi connectivity index (χ4v) is 3.02. The van der Waals surface area contributed by atoms with Crippen LogP contribution in [0.1, 0.15) is 6.42 Å². The second-order valence-electron chi connectivity index (χ2n) is 5.15. The van der Waals surface area contributed by atoms with Crippen LogP contribution >= 0.6 is 0 Å². The van der Waals surface area contributed by atoms with Crippen molar-refractivity contribution in [2.24, 2.45) is 11.8 Å². The van der Waals surface area contributed by atoms with Crippen LogP contribution in [0.5, 0.6) is 0 Å². The van der Waals surface area contributed by atoms with Gasteiger partial charge in [-0.3, -0.25) is 9.78 Å². The Balaban J connectivity index is 1.83. The second kappa shape index (κ2) is 4.23. The Morgan fingerprint density at radius 2 is 2.28 bits per heavy atom. The Labute approximate surface area is 105 Å². The number of halogens is 1. The van der Waals surface area contributed by atoms with Gasteiger partial charge in [-0.2, -0.15) is 0 Å². The van der Waals surface area contributed by atoms with Crippen LogP contribution in [0, 0.1) is 17.7 Å². The molecule has 0 radical (unpaired) electrons. The largest absolute Gasteiger partial charge is 0.368 e. The summed E-state index contributed by atoms with van der Waals surface area (Å²) in [4.78, 5) is 19.6. The van der Waals surface area contributed by atoms with E-state index in [1.807, 2.05) is 11.9 Å². The molecule has 1 aromatic heterocycles. The molecule has 4 nitrogen and oxygen atoms in total. The van der Waals surface area contributed by atoms with Gasteiger partial charge in [0.05, 0.1) is 17.8 Å². The quantitative estimate of drug-likeness (QED) is 0.748. The molecule has 5 heteroatoms. The summed E-state index contributed by atoms with van der Waals surface area (Å²) < 4.78 is 13.7. The van der Waals surface area contributed by atoms with E-state index in [9.17, 15) is 9.18 Å². The lowest BCUT2D eigenvalue weighted by Crippen LogP contribution is -2.42. The normalized spacial score (nSPS) is 27.6. The molecule has 0 unspecified atom stereocenters. The molecule has 2 saturated heterocycles. The lowest BCUT2D eigenvalue weighted by Gasteiger charge is -2.30. The molecule has 2 atom stereocenters. The van der Waals surface area contributed by atoms with Crippen molar-refractivity contribution in [1.29, 1.82) is 0 Å². The van der Waals surface area contributed by atoms with Gasteiger partial charge in [0.1, 0.15) is 0 Å². The molecule has 3 heterocycles. The van der Waals surface area contributed by atoms with Gasteiger partial charge in [0.15, 0.2) is 5.82 Å². The van der Waals surface area contributed by atoms with E-state index in [4.69, 9.17) is 0 Å². The van der Waals surface area contributed by atoms with E-state index in [1.54, 1.807) is 17.2 Å². The topological polar surface area (TPSA) is 36.4 Å². The van der Waals surface area contributed by atoms with Crippen molar-refractivity contribution in [3.8, 4) is 0 Å². The van der Waals surface area contributed by atoms with Crippen molar-refractivity contribution < 1.29 is 9.18 Å². The smallest absolute Gasteiger partial charge is 0.227 e. The van der Waals surface area contributed by atoms with E-state index >= 15 is 0 Å². The highest BCUT2D eigenvalue weighted by atomic mass is 19.1. The summed E-state index contributed by atoms with van der Waals surface area (Å²) in [6.07, 6.45) is 3.83. The molecule has 0 spiro atoms. The van der Waals surface area contributed by atoms with Gasteiger partial charge < -0.3 is 9.80 Å². The van der Waals surface area contributed by atoms with Crippen LogP contribution in [-0.4, -0.2) is 42.5 Å². The van der Waals surface area contributed by atoms with Crippen LogP contribution in [-0.2, 0) is 4.79 Å². The van der Waals surface area contributed by atoms with Gasteiger partial charge in [-0.25, -0.2) is 4.39 Å². The van der Waals surface area contributed by atoms with E-state index in [2.05, 4.69) is 4.98 Å².